The average molecular weight is 443 g/mol. The number of likely N-dealkylation sites (tertiary alicyclic amines) is 1. The lowest BCUT2D eigenvalue weighted by atomic mass is 10.00. The standard InChI is InChI=1S/C24H30N2O6/c27-20-15-18-14-19(25-32-17-22(29)26-11-7-5-8-12-26)10-6-3-1-2-4-9-13-31-24(30)23(18)21(28)16-20/h2,4,6,10,15-16,27-28H,1,3,5,7-9,11-14,17H2/b4-2+,10-6+,25-19-. The first-order valence-electron chi connectivity index (χ1n) is 11.0. The Morgan fingerprint density at radius 2 is 1.81 bits per heavy atom. The summed E-state index contributed by atoms with van der Waals surface area (Å²) in [7, 11) is 0. The van der Waals surface area contributed by atoms with Crippen LogP contribution in [0.2, 0.25) is 0 Å². The number of phenolic OH excluding ortho intramolecular Hbond substituents is 2. The number of allylic oxidation sites excluding steroid dienone is 3. The first kappa shape index (κ1) is 23.4. The number of esters is 1. The zero-order valence-electron chi connectivity index (χ0n) is 18.2. The van der Waals surface area contributed by atoms with Gasteiger partial charge in [0.1, 0.15) is 17.1 Å². The fraction of sp³-hybridized carbons (Fsp3) is 0.458. The van der Waals surface area contributed by atoms with Crippen molar-refractivity contribution in [3.63, 3.8) is 0 Å². The monoisotopic (exact) mass is 442 g/mol. The van der Waals surface area contributed by atoms with E-state index >= 15 is 0 Å². The second kappa shape index (κ2) is 11.9. The number of hydrogen-bond donors (Lipinski definition) is 2. The molecule has 1 aromatic carbocycles. The molecule has 0 unspecified atom stereocenters. The Kier molecular flexibility index (Phi) is 8.71. The molecule has 0 aromatic heterocycles. The van der Waals surface area contributed by atoms with Crippen molar-refractivity contribution in [2.45, 2.75) is 44.9 Å². The normalized spacial score (nSPS) is 21.2. The van der Waals surface area contributed by atoms with Crippen LogP contribution >= 0.6 is 0 Å². The summed E-state index contributed by atoms with van der Waals surface area (Å²) in [6, 6.07) is 2.49. The van der Waals surface area contributed by atoms with E-state index in [4.69, 9.17) is 9.57 Å². The van der Waals surface area contributed by atoms with E-state index in [1.54, 1.807) is 11.0 Å². The lowest BCUT2D eigenvalue weighted by Crippen LogP contribution is -2.37. The molecule has 1 fully saturated rings. The number of oxime groups is 1. The molecule has 0 saturated carbocycles. The molecule has 0 spiro atoms. The van der Waals surface area contributed by atoms with E-state index < -0.39 is 5.97 Å². The van der Waals surface area contributed by atoms with Crippen LogP contribution < -0.4 is 0 Å². The van der Waals surface area contributed by atoms with Gasteiger partial charge in [-0.05, 0) is 56.2 Å². The molecule has 2 aliphatic heterocycles. The first-order valence-corrected chi connectivity index (χ1v) is 11.0. The number of ether oxygens (including phenoxy) is 1. The largest absolute Gasteiger partial charge is 0.508 e. The second-order valence-electron chi connectivity index (χ2n) is 7.85. The Bertz CT molecular complexity index is 900. The van der Waals surface area contributed by atoms with Gasteiger partial charge in [0.15, 0.2) is 6.61 Å². The molecule has 1 amide bonds. The van der Waals surface area contributed by atoms with Crippen molar-refractivity contribution in [3.8, 4) is 11.5 Å². The molecule has 8 nitrogen and oxygen atoms in total. The first-order chi connectivity index (χ1) is 15.5. The topological polar surface area (TPSA) is 109 Å². The molecule has 0 bridgehead atoms. The summed E-state index contributed by atoms with van der Waals surface area (Å²) in [5.74, 6) is -1.32. The molecular weight excluding hydrogens is 412 g/mol. The summed E-state index contributed by atoms with van der Waals surface area (Å²) in [4.78, 5) is 32.0. The van der Waals surface area contributed by atoms with Crippen LogP contribution in [-0.2, 0) is 20.8 Å². The van der Waals surface area contributed by atoms with Crippen molar-refractivity contribution in [2.75, 3.05) is 26.3 Å². The Balaban J connectivity index is 1.80. The van der Waals surface area contributed by atoms with E-state index in [0.717, 1.165) is 51.3 Å². The third-order valence-corrected chi connectivity index (χ3v) is 5.33. The molecule has 2 aliphatic rings. The summed E-state index contributed by atoms with van der Waals surface area (Å²) in [5.41, 5.74) is 0.792. The van der Waals surface area contributed by atoms with Crippen molar-refractivity contribution >= 4 is 17.6 Å². The molecule has 0 aliphatic carbocycles. The van der Waals surface area contributed by atoms with E-state index in [-0.39, 0.29) is 42.6 Å². The van der Waals surface area contributed by atoms with Gasteiger partial charge in [0, 0.05) is 25.6 Å². The number of hydrogen-bond acceptors (Lipinski definition) is 7. The molecule has 3 rings (SSSR count). The zero-order valence-corrected chi connectivity index (χ0v) is 18.2. The molecule has 0 radical (unpaired) electrons. The summed E-state index contributed by atoms with van der Waals surface area (Å²) < 4.78 is 5.28. The Hall–Kier alpha value is -3.29. The predicted octanol–water partition coefficient (Wildman–Crippen LogP) is 3.48. The van der Waals surface area contributed by atoms with E-state index in [0.29, 0.717) is 17.7 Å². The molecule has 2 N–H and O–H groups in total. The Morgan fingerprint density at radius 3 is 2.62 bits per heavy atom. The van der Waals surface area contributed by atoms with Gasteiger partial charge in [-0.15, -0.1) is 0 Å². The van der Waals surface area contributed by atoms with Crippen LogP contribution in [0, 0.1) is 0 Å². The molecule has 2 heterocycles. The van der Waals surface area contributed by atoms with Crippen molar-refractivity contribution in [1.82, 2.24) is 4.90 Å². The number of nitrogens with zero attached hydrogens (tertiary/aromatic N) is 2. The van der Waals surface area contributed by atoms with Crippen molar-refractivity contribution < 1.29 is 29.4 Å². The summed E-state index contributed by atoms with van der Waals surface area (Å²) in [5, 5.41) is 24.3. The van der Waals surface area contributed by atoms with Crippen molar-refractivity contribution in [2.24, 2.45) is 5.16 Å². The van der Waals surface area contributed by atoms with Crippen LogP contribution in [0.5, 0.6) is 11.5 Å². The van der Waals surface area contributed by atoms with Gasteiger partial charge in [-0.25, -0.2) is 4.79 Å². The van der Waals surface area contributed by atoms with Crippen LogP contribution in [0.4, 0.5) is 0 Å². The number of phenols is 2. The molecule has 8 heteroatoms. The van der Waals surface area contributed by atoms with Crippen LogP contribution in [0.15, 0.2) is 41.6 Å². The van der Waals surface area contributed by atoms with Crippen LogP contribution in [-0.4, -0.2) is 59.0 Å². The number of carbonyl (C=O) groups is 2. The third-order valence-electron chi connectivity index (χ3n) is 5.33. The minimum Gasteiger partial charge on any atom is -0.508 e. The number of benzene rings is 1. The number of carbonyl (C=O) groups excluding carboxylic acids is 2. The number of amides is 1. The summed E-state index contributed by atoms with van der Waals surface area (Å²) in [6.45, 7) is 1.49. The number of rotatable bonds is 3. The van der Waals surface area contributed by atoms with Crippen LogP contribution in [0.3, 0.4) is 0 Å². The quantitative estimate of drug-likeness (QED) is 0.421. The smallest absolute Gasteiger partial charge is 0.342 e. The maximum atomic E-state index is 12.6. The predicted molar refractivity (Wildman–Crippen MR) is 120 cm³/mol. The van der Waals surface area contributed by atoms with Gasteiger partial charge in [0.05, 0.1) is 12.3 Å². The van der Waals surface area contributed by atoms with Crippen molar-refractivity contribution in [1.29, 1.82) is 0 Å². The number of cyclic esters (lactones) is 1. The lowest BCUT2D eigenvalue weighted by molar-refractivity contribution is -0.137. The Labute approximate surface area is 187 Å². The highest BCUT2D eigenvalue weighted by Crippen LogP contribution is 2.29. The van der Waals surface area contributed by atoms with Crippen molar-refractivity contribution in [3.05, 3.63) is 47.6 Å². The van der Waals surface area contributed by atoms with E-state index in [1.807, 2.05) is 18.2 Å². The number of piperidine rings is 1. The van der Waals surface area contributed by atoms with E-state index in [2.05, 4.69) is 5.16 Å². The highest BCUT2D eigenvalue weighted by Gasteiger charge is 2.21. The molecule has 1 aromatic rings. The van der Waals surface area contributed by atoms with Crippen LogP contribution in [0.1, 0.15) is 54.4 Å². The summed E-state index contributed by atoms with van der Waals surface area (Å²) in [6.07, 6.45) is 13.1. The number of fused-ring (bicyclic) bond motifs is 1. The maximum Gasteiger partial charge on any atom is 0.342 e. The highest BCUT2D eigenvalue weighted by atomic mass is 16.6. The van der Waals surface area contributed by atoms with Gasteiger partial charge < -0.3 is 24.7 Å². The molecule has 32 heavy (non-hydrogen) atoms. The van der Waals surface area contributed by atoms with Crippen LogP contribution in [0.25, 0.3) is 0 Å². The van der Waals surface area contributed by atoms with E-state index in [1.165, 1.54) is 6.07 Å². The Morgan fingerprint density at radius 1 is 1.06 bits per heavy atom. The third kappa shape index (κ3) is 6.87. The van der Waals surface area contributed by atoms with Gasteiger partial charge >= 0.3 is 5.97 Å². The average Bonchev–Trinajstić information content (AvgIpc) is 2.77. The number of aromatic hydroxyl groups is 2. The molecule has 0 atom stereocenters. The zero-order chi connectivity index (χ0) is 22.8. The highest BCUT2D eigenvalue weighted by molar-refractivity contribution is 6.00. The fourth-order valence-corrected chi connectivity index (χ4v) is 3.71. The fourth-order valence-electron chi connectivity index (χ4n) is 3.71. The van der Waals surface area contributed by atoms with Gasteiger partial charge in [0.2, 0.25) is 0 Å². The van der Waals surface area contributed by atoms with E-state index in [9.17, 15) is 19.8 Å². The maximum absolute atomic E-state index is 12.6. The molecule has 1 saturated heterocycles. The SMILES string of the molecule is O=C1OCC/C=C/CC/C=C/C(=N/OCC(=O)N2CCCCC2)Cc2cc(O)cc(O)c21. The van der Waals surface area contributed by atoms with Gasteiger partial charge in [-0.1, -0.05) is 23.4 Å². The van der Waals surface area contributed by atoms with Gasteiger partial charge in [-0.3, -0.25) is 4.79 Å². The van der Waals surface area contributed by atoms with Gasteiger partial charge in [0.25, 0.3) is 5.91 Å². The minimum absolute atomic E-state index is 0.0191. The lowest BCUT2D eigenvalue weighted by Gasteiger charge is -2.26. The second-order valence-corrected chi connectivity index (χ2v) is 7.85. The summed E-state index contributed by atoms with van der Waals surface area (Å²) >= 11 is 0. The molecular formula is C24H30N2O6. The molecule has 172 valence electrons. The van der Waals surface area contributed by atoms with Gasteiger partial charge in [-0.2, -0.15) is 0 Å². The minimum atomic E-state index is -0.674.